The van der Waals surface area contributed by atoms with Crippen molar-refractivity contribution in [3.63, 3.8) is 0 Å². The molecule has 1 aromatic heterocycles. The van der Waals surface area contributed by atoms with E-state index in [0.717, 1.165) is 22.7 Å². The zero-order valence-corrected chi connectivity index (χ0v) is 18.1. The van der Waals surface area contributed by atoms with Crippen molar-refractivity contribution in [1.82, 2.24) is 19.7 Å². The summed E-state index contributed by atoms with van der Waals surface area (Å²) < 4.78 is 12.7. The molecule has 0 N–H and O–H groups in total. The van der Waals surface area contributed by atoms with Crippen LogP contribution in [0.5, 0.6) is 11.5 Å². The summed E-state index contributed by atoms with van der Waals surface area (Å²) in [5.41, 5.74) is 4.44. The van der Waals surface area contributed by atoms with Gasteiger partial charge in [-0.1, -0.05) is 23.9 Å². The number of thioether (sulfide) groups is 1. The fraction of sp³-hybridized carbons (Fsp3) is 0.318. The van der Waals surface area contributed by atoms with Crippen LogP contribution in [-0.4, -0.2) is 44.7 Å². The molecular weight excluding hydrogens is 400 g/mol. The second-order valence-corrected chi connectivity index (χ2v) is 8.08. The molecule has 0 bridgehead atoms. The second kappa shape index (κ2) is 8.79. The van der Waals surface area contributed by atoms with E-state index in [0.29, 0.717) is 24.0 Å². The van der Waals surface area contributed by atoms with Crippen molar-refractivity contribution < 1.29 is 14.3 Å². The monoisotopic (exact) mass is 424 g/mol. The first kappa shape index (κ1) is 20.3. The molecule has 7 nitrogen and oxygen atoms in total. The average Bonchev–Trinajstić information content (AvgIpc) is 3.41. The highest BCUT2D eigenvalue weighted by Crippen LogP contribution is 2.33. The zero-order chi connectivity index (χ0) is 21.1. The van der Waals surface area contributed by atoms with E-state index in [1.165, 1.54) is 22.9 Å². The van der Waals surface area contributed by atoms with Crippen LogP contribution in [-0.2, 0) is 11.3 Å². The third kappa shape index (κ3) is 4.28. The molecule has 30 heavy (non-hydrogen) atoms. The van der Waals surface area contributed by atoms with Gasteiger partial charge in [0.1, 0.15) is 6.33 Å². The fourth-order valence-corrected chi connectivity index (χ4v) is 4.06. The smallest absolute Gasteiger partial charge is 0.233 e. The van der Waals surface area contributed by atoms with Crippen LogP contribution in [0.4, 0.5) is 0 Å². The molecular formula is C22H24N4O3S. The Bertz CT molecular complexity index is 1070. The number of rotatable bonds is 7. The number of ether oxygens (including phenoxy) is 2. The molecule has 0 fully saturated rings. The Balaban J connectivity index is 1.41. The summed E-state index contributed by atoms with van der Waals surface area (Å²) in [6.07, 6.45) is 1.68. The minimum absolute atomic E-state index is 0.0507. The number of hydrogen-bond acceptors (Lipinski definition) is 6. The van der Waals surface area contributed by atoms with Gasteiger partial charge in [0.2, 0.25) is 12.7 Å². The van der Waals surface area contributed by atoms with Crippen LogP contribution in [0.2, 0.25) is 0 Å². The van der Waals surface area contributed by atoms with Crippen LogP contribution in [0.25, 0.3) is 5.69 Å². The number of carbonyl (C=O) groups is 1. The second-order valence-electron chi connectivity index (χ2n) is 7.14. The Morgan fingerprint density at radius 3 is 2.77 bits per heavy atom. The minimum atomic E-state index is 0.0507. The first-order valence-corrected chi connectivity index (χ1v) is 10.8. The van der Waals surface area contributed by atoms with E-state index in [4.69, 9.17) is 9.47 Å². The number of nitrogens with zero attached hydrogens (tertiary/aromatic N) is 4. The maximum Gasteiger partial charge on any atom is 0.233 e. The Morgan fingerprint density at radius 1 is 1.13 bits per heavy atom. The molecule has 0 aliphatic carbocycles. The van der Waals surface area contributed by atoms with E-state index >= 15 is 0 Å². The average molecular weight is 425 g/mol. The number of fused-ring (bicyclic) bond motifs is 1. The Hall–Kier alpha value is -3.00. The predicted molar refractivity (Wildman–Crippen MR) is 115 cm³/mol. The summed E-state index contributed by atoms with van der Waals surface area (Å²) in [4.78, 5) is 14.7. The molecule has 1 amide bonds. The van der Waals surface area contributed by atoms with Gasteiger partial charge in [0, 0.05) is 18.8 Å². The Morgan fingerprint density at radius 2 is 1.97 bits per heavy atom. The molecule has 1 aliphatic rings. The van der Waals surface area contributed by atoms with Gasteiger partial charge in [0.25, 0.3) is 0 Å². The maximum atomic E-state index is 12.8. The van der Waals surface area contributed by atoms with E-state index in [1.54, 1.807) is 6.33 Å². The molecule has 8 heteroatoms. The molecule has 0 spiro atoms. The number of hydrogen-bond donors (Lipinski definition) is 0. The molecule has 2 aromatic carbocycles. The van der Waals surface area contributed by atoms with Crippen LogP contribution in [0, 0.1) is 13.8 Å². The summed E-state index contributed by atoms with van der Waals surface area (Å²) in [6.45, 7) is 7.53. The number of amides is 1. The number of carbonyl (C=O) groups excluding carboxylic acids is 1. The lowest BCUT2D eigenvalue weighted by molar-refractivity contribution is -0.128. The summed E-state index contributed by atoms with van der Waals surface area (Å²) in [5, 5.41) is 8.94. The third-order valence-corrected chi connectivity index (χ3v) is 6.08. The lowest BCUT2D eigenvalue weighted by Crippen LogP contribution is -2.31. The lowest BCUT2D eigenvalue weighted by Gasteiger charge is -2.21. The summed E-state index contributed by atoms with van der Waals surface area (Å²) >= 11 is 1.39. The normalized spacial score (nSPS) is 12.2. The van der Waals surface area contributed by atoms with Crippen LogP contribution in [0.15, 0.2) is 47.9 Å². The number of aromatic nitrogens is 3. The predicted octanol–water partition coefficient (Wildman–Crippen LogP) is 3.75. The molecule has 156 valence electrons. The highest BCUT2D eigenvalue weighted by atomic mass is 32.2. The van der Waals surface area contributed by atoms with Crippen molar-refractivity contribution in [3.8, 4) is 17.2 Å². The van der Waals surface area contributed by atoms with Crippen molar-refractivity contribution in [2.24, 2.45) is 0 Å². The SMILES string of the molecule is CCN(Cc1ccc2c(c1)OCO2)C(=O)CSc1nncn1-c1ccc(C)c(C)c1. The van der Waals surface area contributed by atoms with Crippen molar-refractivity contribution in [2.75, 3.05) is 19.1 Å². The summed E-state index contributed by atoms with van der Waals surface area (Å²) in [6, 6.07) is 12.0. The first-order valence-electron chi connectivity index (χ1n) is 9.82. The molecule has 3 aromatic rings. The molecule has 1 aliphatic heterocycles. The topological polar surface area (TPSA) is 69.5 Å². The van der Waals surface area contributed by atoms with Gasteiger partial charge in [-0.25, -0.2) is 0 Å². The van der Waals surface area contributed by atoms with E-state index < -0.39 is 0 Å². The number of benzene rings is 2. The van der Waals surface area contributed by atoms with E-state index in [1.807, 2.05) is 40.7 Å². The zero-order valence-electron chi connectivity index (χ0n) is 17.3. The van der Waals surface area contributed by atoms with Gasteiger partial charge in [-0.3, -0.25) is 9.36 Å². The van der Waals surface area contributed by atoms with Crippen molar-refractivity contribution in [2.45, 2.75) is 32.5 Å². The summed E-state index contributed by atoms with van der Waals surface area (Å²) in [7, 11) is 0. The van der Waals surface area contributed by atoms with Gasteiger partial charge in [0.15, 0.2) is 16.7 Å². The fourth-order valence-electron chi connectivity index (χ4n) is 3.23. The van der Waals surface area contributed by atoms with Crippen LogP contribution in [0.3, 0.4) is 0 Å². The highest BCUT2D eigenvalue weighted by molar-refractivity contribution is 7.99. The quantitative estimate of drug-likeness (QED) is 0.538. The van der Waals surface area contributed by atoms with Crippen LogP contribution < -0.4 is 9.47 Å². The van der Waals surface area contributed by atoms with Crippen molar-refractivity contribution in [1.29, 1.82) is 0 Å². The largest absolute Gasteiger partial charge is 0.454 e. The van der Waals surface area contributed by atoms with Gasteiger partial charge in [-0.05, 0) is 61.7 Å². The standard InChI is InChI=1S/C22H24N4O3S/c1-4-25(11-17-6-8-19-20(10-17)29-14-28-19)21(27)12-30-22-24-23-13-26(22)18-7-5-15(2)16(3)9-18/h5-10,13H,4,11-12,14H2,1-3H3. The van der Waals surface area contributed by atoms with E-state index in [2.05, 4.69) is 36.2 Å². The van der Waals surface area contributed by atoms with Gasteiger partial charge in [-0.2, -0.15) is 0 Å². The highest BCUT2D eigenvalue weighted by Gasteiger charge is 2.18. The van der Waals surface area contributed by atoms with E-state index in [9.17, 15) is 4.79 Å². The molecule has 2 heterocycles. The molecule has 0 radical (unpaired) electrons. The number of aryl methyl sites for hydroxylation is 2. The van der Waals surface area contributed by atoms with Crippen LogP contribution in [0.1, 0.15) is 23.6 Å². The summed E-state index contributed by atoms with van der Waals surface area (Å²) in [5.74, 6) is 1.82. The van der Waals surface area contributed by atoms with Crippen molar-refractivity contribution >= 4 is 17.7 Å². The lowest BCUT2D eigenvalue weighted by atomic mass is 10.1. The van der Waals surface area contributed by atoms with E-state index in [-0.39, 0.29) is 12.7 Å². The molecule has 0 atom stereocenters. The molecule has 4 rings (SSSR count). The van der Waals surface area contributed by atoms with Crippen LogP contribution >= 0.6 is 11.8 Å². The van der Waals surface area contributed by atoms with Gasteiger partial charge >= 0.3 is 0 Å². The Labute approximate surface area is 180 Å². The molecule has 0 unspecified atom stereocenters. The van der Waals surface area contributed by atoms with Gasteiger partial charge in [-0.15, -0.1) is 10.2 Å². The minimum Gasteiger partial charge on any atom is -0.454 e. The maximum absolute atomic E-state index is 12.8. The van der Waals surface area contributed by atoms with Gasteiger partial charge in [0.05, 0.1) is 5.75 Å². The third-order valence-electron chi connectivity index (χ3n) is 5.15. The first-order chi connectivity index (χ1) is 14.5. The van der Waals surface area contributed by atoms with Gasteiger partial charge < -0.3 is 14.4 Å². The molecule has 0 saturated heterocycles. The van der Waals surface area contributed by atoms with Crippen molar-refractivity contribution in [3.05, 3.63) is 59.4 Å². The molecule has 0 saturated carbocycles. The Kier molecular flexibility index (Phi) is 5.94.